The summed E-state index contributed by atoms with van der Waals surface area (Å²) >= 11 is 9.78. The first-order valence-corrected chi connectivity index (χ1v) is 7.70. The molecule has 5 nitrogen and oxygen atoms in total. The van der Waals surface area contributed by atoms with Crippen molar-refractivity contribution in [3.63, 3.8) is 0 Å². The van der Waals surface area contributed by atoms with Crippen molar-refractivity contribution in [3.8, 4) is 0 Å². The molecule has 0 heterocycles. The van der Waals surface area contributed by atoms with Crippen molar-refractivity contribution < 1.29 is 26.1 Å². The molecule has 0 amide bonds. The van der Waals surface area contributed by atoms with Crippen LogP contribution in [-0.2, 0) is 10.1 Å². The van der Waals surface area contributed by atoms with E-state index in [1.807, 2.05) is 0 Å². The van der Waals surface area contributed by atoms with Gasteiger partial charge in [0.2, 0.25) is 5.39 Å². The highest BCUT2D eigenvalue weighted by molar-refractivity contribution is 9.11. The minimum Gasteiger partial charge on any atom is -0.741 e. The van der Waals surface area contributed by atoms with Crippen molar-refractivity contribution in [2.24, 2.45) is 0 Å². The van der Waals surface area contributed by atoms with Crippen molar-refractivity contribution in [2.75, 3.05) is 0 Å². The third kappa shape index (κ3) is 6.17. The molecule has 1 aromatic carbocycles. The van der Waals surface area contributed by atoms with E-state index in [1.54, 1.807) is 12.1 Å². The predicted molar refractivity (Wildman–Crippen MR) is 70.0 cm³/mol. The predicted octanol–water partition coefficient (Wildman–Crippen LogP) is 4.51. The zero-order valence-corrected chi connectivity index (χ0v) is 14.0. The highest BCUT2D eigenvalue weighted by atomic mass is 79.9. The maximum absolute atomic E-state index is 10.7. The monoisotopic (exact) mass is 488 g/mol. The van der Waals surface area contributed by atoms with Gasteiger partial charge in [0.25, 0.3) is 0 Å². The van der Waals surface area contributed by atoms with Gasteiger partial charge in [-0.15, -0.1) is 0 Å². The smallest absolute Gasteiger partial charge is 0.485 e. The van der Waals surface area contributed by atoms with Crippen LogP contribution in [0.15, 0.2) is 25.6 Å². The second-order valence-corrected chi connectivity index (χ2v) is 6.71. The summed E-state index contributed by atoms with van der Waals surface area (Å²) < 4.78 is 61.3. The van der Waals surface area contributed by atoms with E-state index >= 15 is 0 Å². The van der Waals surface area contributed by atoms with E-state index in [1.165, 1.54) is 0 Å². The zero-order chi connectivity index (χ0) is 15.4. The second-order valence-electron chi connectivity index (χ2n) is 2.72. The van der Waals surface area contributed by atoms with Crippen LogP contribution in [0.5, 0.6) is 0 Å². The van der Waals surface area contributed by atoms with Gasteiger partial charge in [-0.3, -0.25) is 0 Å². The highest BCUT2D eigenvalue weighted by Crippen LogP contribution is 2.36. The van der Waals surface area contributed by atoms with Crippen LogP contribution in [0.2, 0.25) is 0 Å². The molecule has 106 valence electrons. The Morgan fingerprint density at radius 3 is 1.68 bits per heavy atom. The van der Waals surface area contributed by atoms with Gasteiger partial charge in [0.05, 0.1) is 0 Å². The SMILES string of the molecule is N#[N+]c1c(Br)cc(Br)cc1Br.O=S(=O)([O-])C(F)(F)F. The molecule has 0 fully saturated rings. The van der Waals surface area contributed by atoms with E-state index in [2.05, 4.69) is 52.8 Å². The lowest BCUT2D eigenvalue weighted by atomic mass is 10.3. The van der Waals surface area contributed by atoms with Crippen LogP contribution in [0, 0.1) is 5.39 Å². The molecule has 0 saturated carbocycles. The molecular weight excluding hydrogens is 489 g/mol. The molecule has 1 aromatic rings. The van der Waals surface area contributed by atoms with Gasteiger partial charge in [0.1, 0.15) is 8.95 Å². The van der Waals surface area contributed by atoms with Crippen LogP contribution >= 0.6 is 47.8 Å². The largest absolute Gasteiger partial charge is 0.741 e. The Balaban J connectivity index is 0.000000362. The maximum Gasteiger partial charge on any atom is 0.485 e. The number of nitrogens with zero attached hydrogens (tertiary/aromatic N) is 2. The first-order chi connectivity index (χ1) is 8.40. The van der Waals surface area contributed by atoms with Crippen molar-refractivity contribution in [1.29, 1.82) is 5.39 Å². The summed E-state index contributed by atoms with van der Waals surface area (Å²) in [4.78, 5) is 3.10. The summed E-state index contributed by atoms with van der Waals surface area (Å²) in [5.41, 5.74) is -5.15. The summed E-state index contributed by atoms with van der Waals surface area (Å²) in [7, 11) is -6.09. The minimum atomic E-state index is -6.09. The van der Waals surface area contributed by atoms with Crippen LogP contribution in [0.1, 0.15) is 0 Å². The number of alkyl halides is 3. The maximum atomic E-state index is 10.7. The van der Waals surface area contributed by atoms with E-state index in [9.17, 15) is 13.2 Å². The average molecular weight is 491 g/mol. The minimum absolute atomic E-state index is 0.494. The molecule has 0 aromatic heterocycles. The van der Waals surface area contributed by atoms with Gasteiger partial charge < -0.3 is 4.55 Å². The number of benzene rings is 1. The molecule has 0 radical (unpaired) electrons. The Labute approximate surface area is 130 Å². The summed E-state index contributed by atoms with van der Waals surface area (Å²) in [6, 6.07) is 3.61. The first kappa shape index (κ1) is 18.8. The van der Waals surface area contributed by atoms with Gasteiger partial charge in [-0.2, -0.15) is 13.2 Å². The summed E-state index contributed by atoms with van der Waals surface area (Å²) in [6.07, 6.45) is 0. The quantitative estimate of drug-likeness (QED) is 0.304. The van der Waals surface area contributed by atoms with Gasteiger partial charge >= 0.3 is 11.2 Å². The molecule has 0 aliphatic carbocycles. The third-order valence-corrected chi connectivity index (χ3v) is 3.60. The Kier molecular flexibility index (Phi) is 6.90. The fourth-order valence-electron chi connectivity index (χ4n) is 0.630. The molecule has 0 unspecified atom stereocenters. The van der Waals surface area contributed by atoms with Crippen molar-refractivity contribution >= 4 is 63.6 Å². The van der Waals surface area contributed by atoms with Crippen molar-refractivity contribution in [3.05, 3.63) is 30.5 Å². The molecule has 0 atom stereocenters. The summed E-state index contributed by atoms with van der Waals surface area (Å²) in [5, 5.41) is 8.54. The molecule has 12 heteroatoms. The number of diazo groups is 1. The Bertz CT molecular complexity index is 589. The van der Waals surface area contributed by atoms with Gasteiger partial charge in [-0.25, -0.2) is 8.42 Å². The third-order valence-electron chi connectivity index (χ3n) is 1.37. The number of hydrogen-bond acceptors (Lipinski definition) is 4. The molecular formula is C7H2Br3F3N2O3S. The van der Waals surface area contributed by atoms with Crippen molar-refractivity contribution in [2.45, 2.75) is 5.51 Å². The van der Waals surface area contributed by atoms with Gasteiger partial charge in [-0.05, 0) is 44.0 Å². The molecule has 0 bridgehead atoms. The first-order valence-electron chi connectivity index (χ1n) is 3.92. The lowest BCUT2D eigenvalue weighted by Gasteiger charge is -2.08. The summed E-state index contributed by atoms with van der Waals surface area (Å²) in [5.74, 6) is 0. The summed E-state index contributed by atoms with van der Waals surface area (Å²) in [6.45, 7) is 0. The van der Waals surface area contributed by atoms with Crippen LogP contribution in [-0.4, -0.2) is 18.5 Å². The fourth-order valence-corrected chi connectivity index (χ4v) is 3.05. The number of hydrogen-bond donors (Lipinski definition) is 0. The van der Waals surface area contributed by atoms with Gasteiger partial charge in [0.15, 0.2) is 15.1 Å². The highest BCUT2D eigenvalue weighted by Gasteiger charge is 2.36. The van der Waals surface area contributed by atoms with E-state index in [-0.39, 0.29) is 0 Å². The Morgan fingerprint density at radius 1 is 1.16 bits per heavy atom. The van der Waals surface area contributed by atoms with E-state index in [0.29, 0.717) is 5.69 Å². The standard InChI is InChI=1S/C6H2Br3N2.CHF3O3S/c7-3-1-4(8)6(11-10)5(9)2-3;2-1(3,4)8(5,6)7/h1-2H;(H,5,6,7)/q+1;/p-1. The second kappa shape index (κ2) is 6.98. The Morgan fingerprint density at radius 2 is 1.47 bits per heavy atom. The fraction of sp³-hybridized carbons (Fsp3) is 0.143. The lowest BCUT2D eigenvalue weighted by Crippen LogP contribution is -2.21. The number of rotatable bonds is 0. The zero-order valence-electron chi connectivity index (χ0n) is 8.45. The molecule has 0 N–H and O–H groups in total. The van der Waals surface area contributed by atoms with Crippen LogP contribution in [0.4, 0.5) is 18.9 Å². The number of halogens is 6. The van der Waals surface area contributed by atoms with Crippen LogP contribution < -0.4 is 0 Å². The van der Waals surface area contributed by atoms with Gasteiger partial charge in [0, 0.05) is 4.47 Å². The van der Waals surface area contributed by atoms with Gasteiger partial charge in [-0.1, -0.05) is 15.9 Å². The Hall–Kier alpha value is -0.220. The normalized spacial score (nSPS) is 11.3. The molecule has 0 aliphatic heterocycles. The molecule has 0 saturated heterocycles. The molecule has 0 spiro atoms. The van der Waals surface area contributed by atoms with E-state index < -0.39 is 15.6 Å². The lowest BCUT2D eigenvalue weighted by molar-refractivity contribution is -0.0517. The van der Waals surface area contributed by atoms with E-state index in [0.717, 1.165) is 13.4 Å². The average Bonchev–Trinajstić information content (AvgIpc) is 2.13. The van der Waals surface area contributed by atoms with Crippen LogP contribution in [0.3, 0.4) is 0 Å². The van der Waals surface area contributed by atoms with E-state index in [4.69, 9.17) is 18.4 Å². The molecule has 0 aliphatic rings. The van der Waals surface area contributed by atoms with Crippen molar-refractivity contribution in [1.82, 2.24) is 0 Å². The molecule has 19 heavy (non-hydrogen) atoms. The van der Waals surface area contributed by atoms with Crippen LogP contribution in [0.25, 0.3) is 4.98 Å². The molecule has 1 rings (SSSR count). The topological polar surface area (TPSA) is 85.3 Å².